The van der Waals surface area contributed by atoms with Crippen LogP contribution >= 0.6 is 0 Å². The van der Waals surface area contributed by atoms with Crippen molar-refractivity contribution in [1.29, 1.82) is 0 Å². The number of rotatable bonds is 1. The molecule has 3 aliphatic rings. The number of amides is 2. The van der Waals surface area contributed by atoms with Crippen molar-refractivity contribution in [2.45, 2.75) is 25.7 Å². The van der Waals surface area contributed by atoms with E-state index in [1.807, 2.05) is 6.08 Å². The molecule has 6 nitrogen and oxygen atoms in total. The number of benzene rings is 1. The first-order valence-electron chi connectivity index (χ1n) is 9.69. The fraction of sp³-hybridized carbons (Fsp3) is 0.217. The summed E-state index contributed by atoms with van der Waals surface area (Å²) in [6, 6.07) is 7.93. The molecule has 2 aromatic rings. The average Bonchev–Trinajstić information content (AvgIpc) is 2.74. The number of carbonyl (C=O) groups excluding carboxylic acids is 2. The van der Waals surface area contributed by atoms with Crippen LogP contribution in [0.5, 0.6) is 0 Å². The Labute approximate surface area is 166 Å². The molecule has 0 spiro atoms. The molecule has 29 heavy (non-hydrogen) atoms. The van der Waals surface area contributed by atoms with Crippen LogP contribution in [-0.2, 0) is 4.79 Å². The molecular weight excluding hydrogens is 368 g/mol. The Bertz CT molecular complexity index is 1240. The van der Waals surface area contributed by atoms with E-state index in [0.717, 1.165) is 37.0 Å². The maximum atomic E-state index is 12.6. The first-order chi connectivity index (χ1) is 14.1. The van der Waals surface area contributed by atoms with Crippen LogP contribution in [0, 0.1) is 5.92 Å². The van der Waals surface area contributed by atoms with Crippen LogP contribution in [0.2, 0.25) is 0 Å². The topological polar surface area (TPSA) is 88.7 Å². The van der Waals surface area contributed by atoms with E-state index in [1.165, 1.54) is 11.6 Å². The number of aliphatic imine (C=N–C) groups is 1. The molecule has 1 aromatic carbocycles. The molecular formula is C23H18N2O4. The fourth-order valence-corrected chi connectivity index (χ4v) is 4.20. The summed E-state index contributed by atoms with van der Waals surface area (Å²) in [6.07, 6.45) is 9.34. The zero-order valence-corrected chi connectivity index (χ0v) is 15.6. The lowest BCUT2D eigenvalue weighted by Crippen LogP contribution is -2.37. The van der Waals surface area contributed by atoms with Crippen LogP contribution in [-0.4, -0.2) is 17.5 Å². The molecule has 144 valence electrons. The van der Waals surface area contributed by atoms with E-state index in [1.54, 1.807) is 36.4 Å². The van der Waals surface area contributed by atoms with Gasteiger partial charge in [-0.3, -0.25) is 14.4 Å². The van der Waals surface area contributed by atoms with E-state index < -0.39 is 5.91 Å². The standard InChI is InChI=1S/C23H18N2O4/c26-19-12-21(29-20-8-4-3-7-17(19)20)23(28)24-13-9-10-15-14-5-1-2-6-16(14)22(27)25-18(15)11-13/h3-4,7-12,15H,1-2,5-6H2,(H,25,27). The summed E-state index contributed by atoms with van der Waals surface area (Å²) in [4.78, 5) is 41.3. The van der Waals surface area contributed by atoms with E-state index >= 15 is 0 Å². The van der Waals surface area contributed by atoms with Crippen LogP contribution in [0.1, 0.15) is 36.2 Å². The van der Waals surface area contributed by atoms with Gasteiger partial charge in [0.05, 0.1) is 11.1 Å². The van der Waals surface area contributed by atoms with Crippen molar-refractivity contribution in [2.75, 3.05) is 0 Å². The van der Waals surface area contributed by atoms with Crippen molar-refractivity contribution < 1.29 is 14.0 Å². The Balaban J connectivity index is 1.47. The summed E-state index contributed by atoms with van der Waals surface area (Å²) in [5, 5.41) is 3.36. The van der Waals surface area contributed by atoms with Crippen LogP contribution in [0.15, 0.2) is 79.6 Å². The van der Waals surface area contributed by atoms with Crippen LogP contribution < -0.4 is 10.7 Å². The van der Waals surface area contributed by atoms with Crippen LogP contribution in [0.25, 0.3) is 11.0 Å². The summed E-state index contributed by atoms with van der Waals surface area (Å²) < 4.78 is 5.56. The summed E-state index contributed by atoms with van der Waals surface area (Å²) in [6.45, 7) is 0. The molecule has 0 fully saturated rings. The van der Waals surface area contributed by atoms with E-state index in [-0.39, 0.29) is 23.0 Å². The average molecular weight is 386 g/mol. The Morgan fingerprint density at radius 3 is 2.86 bits per heavy atom. The highest BCUT2D eigenvalue weighted by Gasteiger charge is 2.33. The minimum absolute atomic E-state index is 0.0376. The zero-order valence-electron chi connectivity index (χ0n) is 15.6. The maximum Gasteiger partial charge on any atom is 0.313 e. The van der Waals surface area contributed by atoms with Crippen molar-refractivity contribution in [3.63, 3.8) is 0 Å². The smallest absolute Gasteiger partial charge is 0.313 e. The lowest BCUT2D eigenvalue weighted by Gasteiger charge is -2.33. The van der Waals surface area contributed by atoms with Gasteiger partial charge in [-0.05, 0) is 55.5 Å². The van der Waals surface area contributed by atoms with Crippen LogP contribution in [0.3, 0.4) is 0 Å². The molecule has 5 rings (SSSR count). The molecule has 6 heteroatoms. The Kier molecular flexibility index (Phi) is 4.12. The largest absolute Gasteiger partial charge is 0.451 e. The maximum absolute atomic E-state index is 12.6. The number of allylic oxidation sites excluding steroid dienone is 3. The van der Waals surface area contributed by atoms with Crippen molar-refractivity contribution in [1.82, 2.24) is 5.32 Å². The van der Waals surface area contributed by atoms with Gasteiger partial charge in [0.2, 0.25) is 0 Å². The molecule has 0 radical (unpaired) electrons. The molecule has 1 aromatic heterocycles. The first kappa shape index (κ1) is 17.6. The van der Waals surface area contributed by atoms with E-state index in [0.29, 0.717) is 16.7 Å². The molecule has 0 saturated carbocycles. The van der Waals surface area contributed by atoms with E-state index in [9.17, 15) is 14.4 Å². The number of hydrogen-bond acceptors (Lipinski definition) is 4. The second-order valence-electron chi connectivity index (χ2n) is 7.41. The molecule has 1 unspecified atom stereocenters. The number of nitrogens with zero attached hydrogens (tertiary/aromatic N) is 1. The van der Waals surface area contributed by atoms with Crippen LogP contribution in [0.4, 0.5) is 0 Å². The van der Waals surface area contributed by atoms with Crippen molar-refractivity contribution in [3.8, 4) is 0 Å². The van der Waals surface area contributed by atoms with Gasteiger partial charge in [0, 0.05) is 23.3 Å². The Hall–Kier alpha value is -3.54. The number of nitrogens with one attached hydrogen (secondary N) is 1. The lowest BCUT2D eigenvalue weighted by molar-refractivity contribution is -0.117. The molecule has 0 saturated heterocycles. The van der Waals surface area contributed by atoms with Gasteiger partial charge in [-0.25, -0.2) is 4.99 Å². The number of fused-ring (bicyclic) bond motifs is 3. The van der Waals surface area contributed by atoms with Gasteiger partial charge < -0.3 is 9.73 Å². The van der Waals surface area contributed by atoms with E-state index in [4.69, 9.17) is 4.42 Å². The second-order valence-corrected chi connectivity index (χ2v) is 7.41. The minimum Gasteiger partial charge on any atom is -0.451 e. The molecule has 2 heterocycles. The summed E-state index contributed by atoms with van der Waals surface area (Å²) in [5.41, 5.74) is 3.29. The van der Waals surface area contributed by atoms with E-state index in [2.05, 4.69) is 10.3 Å². The monoisotopic (exact) mass is 386 g/mol. The minimum atomic E-state index is -0.637. The SMILES string of the molecule is O=C1NC2=CC(=NC(=O)c3cc(=O)c4ccccc4o3)C=CC2C2=C1CCCC2. The van der Waals surface area contributed by atoms with Crippen molar-refractivity contribution in [2.24, 2.45) is 10.9 Å². The van der Waals surface area contributed by atoms with Gasteiger partial charge >= 0.3 is 5.91 Å². The first-order valence-corrected chi connectivity index (χ1v) is 9.69. The van der Waals surface area contributed by atoms with Gasteiger partial charge in [0.15, 0.2) is 11.2 Å². The fourth-order valence-electron chi connectivity index (χ4n) is 4.20. The third-order valence-corrected chi connectivity index (χ3v) is 5.59. The number of para-hydroxylation sites is 1. The quantitative estimate of drug-likeness (QED) is 0.813. The van der Waals surface area contributed by atoms with Gasteiger partial charge in [-0.2, -0.15) is 0 Å². The summed E-state index contributed by atoms with van der Waals surface area (Å²) in [5.74, 6) is -0.762. The third-order valence-electron chi connectivity index (χ3n) is 5.59. The predicted octanol–water partition coefficient (Wildman–Crippen LogP) is 3.44. The summed E-state index contributed by atoms with van der Waals surface area (Å²) in [7, 11) is 0. The Morgan fingerprint density at radius 2 is 1.97 bits per heavy atom. The highest BCUT2D eigenvalue weighted by molar-refractivity contribution is 6.14. The van der Waals surface area contributed by atoms with Gasteiger partial charge in [0.1, 0.15) is 5.58 Å². The molecule has 2 aliphatic carbocycles. The summed E-state index contributed by atoms with van der Waals surface area (Å²) >= 11 is 0. The molecule has 1 N–H and O–H groups in total. The Morgan fingerprint density at radius 1 is 1.14 bits per heavy atom. The number of carbonyl (C=O) groups is 2. The predicted molar refractivity (Wildman–Crippen MR) is 109 cm³/mol. The number of hydrogen-bond donors (Lipinski definition) is 1. The lowest BCUT2D eigenvalue weighted by atomic mass is 9.77. The van der Waals surface area contributed by atoms with Gasteiger partial charge in [0.25, 0.3) is 5.91 Å². The van der Waals surface area contributed by atoms with Crippen molar-refractivity contribution >= 4 is 28.5 Å². The second kappa shape index (κ2) is 6.81. The molecule has 1 atom stereocenters. The highest BCUT2D eigenvalue weighted by Crippen LogP contribution is 2.38. The van der Waals surface area contributed by atoms with Gasteiger partial charge in [-0.1, -0.05) is 18.2 Å². The molecule has 1 aliphatic heterocycles. The zero-order chi connectivity index (χ0) is 20.0. The third kappa shape index (κ3) is 3.06. The normalized spacial score (nSPS) is 22.2. The highest BCUT2D eigenvalue weighted by atomic mass is 16.3. The van der Waals surface area contributed by atoms with Gasteiger partial charge in [-0.15, -0.1) is 0 Å². The molecule has 0 bridgehead atoms. The van der Waals surface area contributed by atoms with Crippen molar-refractivity contribution in [3.05, 3.63) is 81.4 Å². The molecule has 2 amide bonds.